The van der Waals surface area contributed by atoms with Crippen LogP contribution in [0.1, 0.15) is 6.42 Å². The molecule has 7 heteroatoms. The van der Waals surface area contributed by atoms with Gasteiger partial charge < -0.3 is 20.4 Å². The van der Waals surface area contributed by atoms with E-state index in [0.29, 0.717) is 11.7 Å². The number of nitrogen functional groups attached to an aromatic ring is 1. The minimum Gasteiger partial charge on any atom is -0.379 e. The topological polar surface area (TPSA) is 93.0 Å². The van der Waals surface area contributed by atoms with Gasteiger partial charge in [-0.05, 0) is 6.42 Å². The molecule has 2 aromatic rings. The Morgan fingerprint density at radius 2 is 2.41 bits per heavy atom. The number of ether oxygens (including phenoxy) is 1. The molecule has 0 aliphatic carbocycles. The molecule has 1 unspecified atom stereocenters. The summed E-state index contributed by atoms with van der Waals surface area (Å²) in [5.74, 6) is 1.02. The zero-order valence-electron chi connectivity index (χ0n) is 9.55. The number of nitrogens with zero attached hydrogens (tertiary/aromatic N) is 4. The maximum absolute atomic E-state index is 5.69. The van der Waals surface area contributed by atoms with Crippen LogP contribution in [0.3, 0.4) is 0 Å². The summed E-state index contributed by atoms with van der Waals surface area (Å²) in [6, 6.07) is 0.329. The molecule has 1 saturated heterocycles. The van der Waals surface area contributed by atoms with E-state index in [1.54, 1.807) is 6.33 Å². The Balaban J connectivity index is 2.05. The minimum absolute atomic E-state index is 0.241. The number of hydrogen-bond donors (Lipinski definition) is 2. The summed E-state index contributed by atoms with van der Waals surface area (Å²) in [5.41, 5.74) is 7.10. The molecule has 0 bridgehead atoms. The fraction of sp³-hybridized carbons (Fsp3) is 0.500. The van der Waals surface area contributed by atoms with Crippen LogP contribution >= 0.6 is 0 Å². The Hall–Kier alpha value is -1.89. The summed E-state index contributed by atoms with van der Waals surface area (Å²) in [6.07, 6.45) is 2.59. The van der Waals surface area contributed by atoms with E-state index < -0.39 is 0 Å². The summed E-state index contributed by atoms with van der Waals surface area (Å²) >= 11 is 0. The molecule has 1 fully saturated rings. The van der Waals surface area contributed by atoms with Crippen molar-refractivity contribution < 1.29 is 4.74 Å². The second kappa shape index (κ2) is 3.85. The van der Waals surface area contributed by atoms with Crippen LogP contribution in [0, 0.1) is 0 Å². The number of aromatic amines is 1. The van der Waals surface area contributed by atoms with Crippen LogP contribution < -0.4 is 10.6 Å². The first-order chi connectivity index (χ1) is 8.25. The average Bonchev–Trinajstić information content (AvgIpc) is 2.97. The van der Waals surface area contributed by atoms with Crippen molar-refractivity contribution in [1.29, 1.82) is 0 Å². The first-order valence-electron chi connectivity index (χ1n) is 5.53. The van der Waals surface area contributed by atoms with Crippen molar-refractivity contribution in [3.8, 4) is 0 Å². The minimum atomic E-state index is 0.241. The van der Waals surface area contributed by atoms with E-state index in [1.807, 2.05) is 7.05 Å². The van der Waals surface area contributed by atoms with E-state index >= 15 is 0 Å². The maximum Gasteiger partial charge on any atom is 0.224 e. The van der Waals surface area contributed by atoms with Crippen LogP contribution in [-0.2, 0) is 4.74 Å². The van der Waals surface area contributed by atoms with Crippen molar-refractivity contribution in [2.75, 3.05) is 30.9 Å². The number of anilines is 2. The van der Waals surface area contributed by atoms with Crippen molar-refractivity contribution in [2.45, 2.75) is 12.5 Å². The molecular weight excluding hydrogens is 220 g/mol. The molecule has 0 radical (unpaired) electrons. The van der Waals surface area contributed by atoms with Crippen LogP contribution in [0.15, 0.2) is 6.33 Å². The summed E-state index contributed by atoms with van der Waals surface area (Å²) in [5, 5.41) is 0. The third kappa shape index (κ3) is 1.68. The summed E-state index contributed by atoms with van der Waals surface area (Å²) < 4.78 is 5.38. The van der Waals surface area contributed by atoms with Crippen molar-refractivity contribution in [2.24, 2.45) is 0 Å². The molecule has 2 aromatic heterocycles. The normalized spacial score (nSPS) is 19.9. The molecule has 90 valence electrons. The highest BCUT2D eigenvalue weighted by atomic mass is 16.5. The number of aromatic nitrogens is 4. The Bertz CT molecular complexity index is 533. The Morgan fingerprint density at radius 1 is 1.53 bits per heavy atom. The Labute approximate surface area is 98.0 Å². The maximum atomic E-state index is 5.69. The molecule has 3 N–H and O–H groups in total. The van der Waals surface area contributed by atoms with Gasteiger partial charge in [0.15, 0.2) is 11.5 Å². The van der Waals surface area contributed by atoms with Gasteiger partial charge in [-0.2, -0.15) is 9.97 Å². The SMILES string of the molecule is CN(c1nc(N)nc2nc[nH]c12)C1CCOC1. The Kier molecular flexibility index (Phi) is 2.32. The Morgan fingerprint density at radius 3 is 3.18 bits per heavy atom. The quantitative estimate of drug-likeness (QED) is 0.769. The highest BCUT2D eigenvalue weighted by molar-refractivity contribution is 5.84. The second-order valence-corrected chi connectivity index (χ2v) is 4.13. The van der Waals surface area contributed by atoms with Gasteiger partial charge in [-0.15, -0.1) is 0 Å². The van der Waals surface area contributed by atoms with E-state index in [-0.39, 0.29) is 5.95 Å². The molecule has 0 amide bonds. The highest BCUT2D eigenvalue weighted by Crippen LogP contribution is 2.24. The lowest BCUT2D eigenvalue weighted by Gasteiger charge is -2.24. The van der Waals surface area contributed by atoms with E-state index in [9.17, 15) is 0 Å². The lowest BCUT2D eigenvalue weighted by Crippen LogP contribution is -2.32. The molecular formula is C10H14N6O. The van der Waals surface area contributed by atoms with Crippen molar-refractivity contribution in [3.05, 3.63) is 6.33 Å². The number of nitrogens with two attached hydrogens (primary N) is 1. The van der Waals surface area contributed by atoms with Crippen molar-refractivity contribution in [3.63, 3.8) is 0 Å². The lowest BCUT2D eigenvalue weighted by molar-refractivity contribution is 0.193. The van der Waals surface area contributed by atoms with Crippen LogP contribution in [0.25, 0.3) is 11.2 Å². The summed E-state index contributed by atoms with van der Waals surface area (Å²) in [7, 11) is 1.99. The molecule has 1 aliphatic heterocycles. The highest BCUT2D eigenvalue weighted by Gasteiger charge is 2.23. The van der Waals surface area contributed by atoms with Crippen LogP contribution in [-0.4, -0.2) is 46.2 Å². The smallest absolute Gasteiger partial charge is 0.224 e. The van der Waals surface area contributed by atoms with E-state index in [2.05, 4.69) is 24.8 Å². The van der Waals surface area contributed by atoms with Crippen LogP contribution in [0.5, 0.6) is 0 Å². The lowest BCUT2D eigenvalue weighted by atomic mass is 10.2. The third-order valence-electron chi connectivity index (χ3n) is 3.07. The van der Waals surface area contributed by atoms with E-state index in [1.165, 1.54) is 0 Å². The van der Waals surface area contributed by atoms with Crippen molar-refractivity contribution >= 4 is 22.9 Å². The van der Waals surface area contributed by atoms with Gasteiger partial charge in [0.1, 0.15) is 5.52 Å². The van der Waals surface area contributed by atoms with Gasteiger partial charge in [-0.25, -0.2) is 4.98 Å². The van der Waals surface area contributed by atoms with Crippen LogP contribution in [0.4, 0.5) is 11.8 Å². The molecule has 17 heavy (non-hydrogen) atoms. The molecule has 0 spiro atoms. The second-order valence-electron chi connectivity index (χ2n) is 4.13. The molecule has 1 atom stereocenters. The predicted octanol–water partition coefficient (Wildman–Crippen LogP) is 0.160. The average molecular weight is 234 g/mol. The third-order valence-corrected chi connectivity index (χ3v) is 3.07. The molecule has 7 nitrogen and oxygen atoms in total. The summed E-state index contributed by atoms with van der Waals surface area (Å²) in [6.45, 7) is 1.51. The van der Waals surface area contributed by atoms with Gasteiger partial charge >= 0.3 is 0 Å². The standard InChI is InChI=1S/C10H14N6O/c1-16(6-2-3-17-4-6)9-7-8(13-5-12-7)14-10(11)15-9/h5-6H,2-4H2,1H3,(H3,11,12,13,14,15). The largest absolute Gasteiger partial charge is 0.379 e. The van der Waals surface area contributed by atoms with Crippen molar-refractivity contribution in [1.82, 2.24) is 19.9 Å². The number of imidazole rings is 1. The molecule has 0 aromatic carbocycles. The fourth-order valence-electron chi connectivity index (χ4n) is 2.09. The van der Waals surface area contributed by atoms with Crippen LogP contribution in [0.2, 0.25) is 0 Å². The first-order valence-corrected chi connectivity index (χ1v) is 5.53. The zero-order valence-corrected chi connectivity index (χ0v) is 9.55. The first kappa shape index (κ1) is 10.3. The number of H-pyrrole nitrogens is 1. The van der Waals surface area contributed by atoms with Gasteiger partial charge in [-0.3, -0.25) is 0 Å². The number of nitrogens with one attached hydrogen (secondary N) is 1. The van der Waals surface area contributed by atoms with Gasteiger partial charge in [0.2, 0.25) is 5.95 Å². The van der Waals surface area contributed by atoms with Gasteiger partial charge in [0.05, 0.1) is 19.0 Å². The zero-order chi connectivity index (χ0) is 11.8. The van der Waals surface area contributed by atoms with E-state index in [0.717, 1.165) is 31.0 Å². The fourth-order valence-corrected chi connectivity index (χ4v) is 2.09. The monoisotopic (exact) mass is 234 g/mol. The molecule has 0 saturated carbocycles. The van der Waals surface area contributed by atoms with Gasteiger partial charge in [0, 0.05) is 13.7 Å². The molecule has 3 rings (SSSR count). The summed E-state index contributed by atoms with van der Waals surface area (Å²) in [4.78, 5) is 17.6. The number of likely N-dealkylation sites (N-methyl/N-ethyl adjacent to an activating group) is 1. The van der Waals surface area contributed by atoms with Gasteiger partial charge in [-0.1, -0.05) is 0 Å². The van der Waals surface area contributed by atoms with E-state index in [4.69, 9.17) is 10.5 Å². The number of rotatable bonds is 2. The number of hydrogen-bond acceptors (Lipinski definition) is 6. The van der Waals surface area contributed by atoms with Gasteiger partial charge in [0.25, 0.3) is 0 Å². The molecule has 1 aliphatic rings. The molecule has 3 heterocycles. The number of fused-ring (bicyclic) bond motifs is 1. The predicted molar refractivity (Wildman–Crippen MR) is 63.7 cm³/mol.